The molecule has 2 heterocycles. The van der Waals surface area contributed by atoms with Gasteiger partial charge < -0.3 is 29.0 Å². The monoisotopic (exact) mass is 536 g/mol. The van der Waals surface area contributed by atoms with Crippen LogP contribution in [0.3, 0.4) is 0 Å². The molecule has 9 heteroatoms. The zero-order chi connectivity index (χ0) is 27.8. The van der Waals surface area contributed by atoms with E-state index in [1.165, 1.54) is 4.90 Å². The van der Waals surface area contributed by atoms with E-state index in [-0.39, 0.29) is 11.3 Å². The first-order valence-electron chi connectivity index (χ1n) is 13.3. The molecule has 9 nitrogen and oxygen atoms in total. The summed E-state index contributed by atoms with van der Waals surface area (Å²) in [5.41, 5.74) is 1.09. The Kier molecular flexibility index (Phi) is 9.62. The summed E-state index contributed by atoms with van der Waals surface area (Å²) >= 11 is 0. The number of rotatable bonds is 12. The van der Waals surface area contributed by atoms with E-state index >= 15 is 0 Å². The Labute approximate surface area is 229 Å². The third-order valence-corrected chi connectivity index (χ3v) is 6.68. The number of ketones is 1. The number of carbonyl (C=O) groups excluding carboxylic acids is 2. The summed E-state index contributed by atoms with van der Waals surface area (Å²) in [5.74, 6) is 0.0474. The second kappa shape index (κ2) is 13.3. The SMILES string of the molecule is C=CCOc1ccc(C2C(=C(O)c3ccc(OCC)cc3)C(=O)C(=O)N2CCN2CCOCC2)cc1OCC. The summed E-state index contributed by atoms with van der Waals surface area (Å²) in [6, 6.07) is 11.3. The minimum atomic E-state index is -0.801. The molecule has 0 aromatic heterocycles. The molecular weight excluding hydrogens is 500 g/mol. The van der Waals surface area contributed by atoms with Crippen LogP contribution in [0.5, 0.6) is 17.2 Å². The van der Waals surface area contributed by atoms with Crippen LogP contribution in [0.1, 0.15) is 31.0 Å². The molecule has 0 spiro atoms. The van der Waals surface area contributed by atoms with Crippen LogP contribution in [0, 0.1) is 0 Å². The molecule has 2 aromatic carbocycles. The van der Waals surface area contributed by atoms with Crippen molar-refractivity contribution >= 4 is 17.4 Å². The molecule has 2 aliphatic heterocycles. The van der Waals surface area contributed by atoms with Gasteiger partial charge in [-0.25, -0.2) is 0 Å². The van der Waals surface area contributed by atoms with Gasteiger partial charge in [-0.3, -0.25) is 14.5 Å². The van der Waals surface area contributed by atoms with Gasteiger partial charge in [0.05, 0.1) is 38.0 Å². The number of carbonyl (C=O) groups is 2. The van der Waals surface area contributed by atoms with Crippen molar-refractivity contribution in [2.45, 2.75) is 19.9 Å². The maximum Gasteiger partial charge on any atom is 0.295 e. The summed E-state index contributed by atoms with van der Waals surface area (Å²) in [6.45, 7) is 12.3. The standard InChI is InChI=1S/C30H36N2O7/c1-4-17-39-24-12-9-22(20-25(24)38-6-3)27-26(28(33)21-7-10-23(11-8-21)37-5-2)29(34)30(35)32(27)14-13-31-15-18-36-19-16-31/h4,7-12,20,27,33H,1,5-6,13-19H2,2-3H3. The number of amides is 1. The molecule has 39 heavy (non-hydrogen) atoms. The molecular formula is C30H36N2O7. The van der Waals surface area contributed by atoms with E-state index < -0.39 is 17.7 Å². The van der Waals surface area contributed by atoms with Gasteiger partial charge in [0, 0.05) is 31.7 Å². The summed E-state index contributed by atoms with van der Waals surface area (Å²) in [4.78, 5) is 30.5. The average molecular weight is 537 g/mol. The molecule has 2 aliphatic rings. The number of aliphatic hydroxyl groups excluding tert-OH is 1. The summed E-state index contributed by atoms with van der Waals surface area (Å²) in [5, 5.41) is 11.4. The van der Waals surface area contributed by atoms with Gasteiger partial charge >= 0.3 is 0 Å². The van der Waals surface area contributed by atoms with Crippen molar-refractivity contribution in [1.82, 2.24) is 9.80 Å². The Morgan fingerprint density at radius 2 is 1.72 bits per heavy atom. The highest BCUT2D eigenvalue weighted by Crippen LogP contribution is 2.42. The van der Waals surface area contributed by atoms with E-state index in [0.29, 0.717) is 74.5 Å². The summed E-state index contributed by atoms with van der Waals surface area (Å²) < 4.78 is 22.5. The lowest BCUT2D eigenvalue weighted by molar-refractivity contribution is -0.140. The van der Waals surface area contributed by atoms with E-state index in [0.717, 1.165) is 13.1 Å². The van der Waals surface area contributed by atoms with Crippen molar-refractivity contribution in [1.29, 1.82) is 0 Å². The van der Waals surface area contributed by atoms with E-state index in [1.807, 2.05) is 13.8 Å². The number of Topliss-reactive ketones (excluding diaryl/α,β-unsaturated/α-hetero) is 1. The molecule has 0 saturated carbocycles. The van der Waals surface area contributed by atoms with Gasteiger partial charge in [-0.05, 0) is 55.8 Å². The van der Waals surface area contributed by atoms with Crippen LogP contribution in [0.25, 0.3) is 5.76 Å². The lowest BCUT2D eigenvalue weighted by Gasteiger charge is -2.31. The fraction of sp³-hybridized carbons (Fsp3) is 0.400. The normalized spacial score (nSPS) is 19.2. The minimum absolute atomic E-state index is 0.0355. The van der Waals surface area contributed by atoms with Gasteiger partial charge in [-0.15, -0.1) is 0 Å². The first-order chi connectivity index (χ1) is 19.0. The number of hydrogen-bond acceptors (Lipinski definition) is 8. The molecule has 1 N–H and O–H groups in total. The Morgan fingerprint density at radius 3 is 2.38 bits per heavy atom. The maximum atomic E-state index is 13.4. The lowest BCUT2D eigenvalue weighted by Crippen LogP contribution is -2.42. The smallest absolute Gasteiger partial charge is 0.295 e. The van der Waals surface area contributed by atoms with Crippen LogP contribution in [0.4, 0.5) is 0 Å². The van der Waals surface area contributed by atoms with Crippen LogP contribution in [-0.4, -0.2) is 85.8 Å². The lowest BCUT2D eigenvalue weighted by atomic mass is 9.95. The zero-order valence-corrected chi connectivity index (χ0v) is 22.6. The van der Waals surface area contributed by atoms with Gasteiger partial charge in [0.15, 0.2) is 11.5 Å². The van der Waals surface area contributed by atoms with Gasteiger partial charge in [-0.2, -0.15) is 0 Å². The third-order valence-electron chi connectivity index (χ3n) is 6.68. The van der Waals surface area contributed by atoms with Crippen LogP contribution >= 0.6 is 0 Å². The van der Waals surface area contributed by atoms with Gasteiger partial charge in [-0.1, -0.05) is 18.7 Å². The Hall–Kier alpha value is -3.82. The molecule has 1 amide bonds. The molecule has 0 aliphatic carbocycles. The maximum absolute atomic E-state index is 13.4. The van der Waals surface area contributed by atoms with Crippen molar-refractivity contribution in [2.75, 3.05) is 59.2 Å². The average Bonchev–Trinajstić information content (AvgIpc) is 3.21. The zero-order valence-electron chi connectivity index (χ0n) is 22.6. The highest BCUT2D eigenvalue weighted by atomic mass is 16.5. The van der Waals surface area contributed by atoms with Crippen molar-refractivity contribution in [3.8, 4) is 17.2 Å². The van der Waals surface area contributed by atoms with Crippen molar-refractivity contribution in [3.05, 3.63) is 71.8 Å². The largest absolute Gasteiger partial charge is 0.507 e. The van der Waals surface area contributed by atoms with Gasteiger partial charge in [0.2, 0.25) is 0 Å². The third kappa shape index (κ3) is 6.43. The van der Waals surface area contributed by atoms with Crippen LogP contribution in [0.2, 0.25) is 0 Å². The topological polar surface area (TPSA) is 97.8 Å². The fourth-order valence-electron chi connectivity index (χ4n) is 4.79. The Balaban J connectivity index is 1.76. The molecule has 2 fully saturated rings. The fourth-order valence-corrected chi connectivity index (χ4v) is 4.79. The Morgan fingerprint density at radius 1 is 1.00 bits per heavy atom. The minimum Gasteiger partial charge on any atom is -0.507 e. The first-order valence-corrected chi connectivity index (χ1v) is 13.3. The molecule has 208 valence electrons. The number of benzene rings is 2. The molecule has 4 rings (SSSR count). The van der Waals surface area contributed by atoms with E-state index in [4.69, 9.17) is 18.9 Å². The highest BCUT2D eigenvalue weighted by molar-refractivity contribution is 6.46. The second-order valence-corrected chi connectivity index (χ2v) is 9.14. The van der Waals surface area contributed by atoms with Gasteiger partial charge in [0.25, 0.3) is 11.7 Å². The van der Waals surface area contributed by atoms with Crippen LogP contribution in [0.15, 0.2) is 60.7 Å². The predicted molar refractivity (Wildman–Crippen MR) is 147 cm³/mol. The number of likely N-dealkylation sites (tertiary alicyclic amines) is 1. The molecule has 1 atom stereocenters. The van der Waals surface area contributed by atoms with Crippen LogP contribution < -0.4 is 14.2 Å². The Bertz CT molecular complexity index is 1200. The predicted octanol–water partition coefficient (Wildman–Crippen LogP) is 3.80. The second-order valence-electron chi connectivity index (χ2n) is 9.14. The number of ether oxygens (including phenoxy) is 4. The number of nitrogens with zero attached hydrogens (tertiary/aromatic N) is 2. The molecule has 2 saturated heterocycles. The molecule has 0 radical (unpaired) electrons. The number of hydrogen-bond donors (Lipinski definition) is 1. The van der Waals surface area contributed by atoms with Crippen molar-refractivity contribution < 1.29 is 33.6 Å². The van der Waals surface area contributed by atoms with Crippen molar-refractivity contribution in [3.63, 3.8) is 0 Å². The van der Waals surface area contributed by atoms with E-state index in [1.54, 1.807) is 48.5 Å². The molecule has 0 bridgehead atoms. The number of aliphatic hydroxyl groups is 1. The van der Waals surface area contributed by atoms with E-state index in [9.17, 15) is 14.7 Å². The quantitative estimate of drug-likeness (QED) is 0.189. The highest BCUT2D eigenvalue weighted by Gasteiger charge is 2.46. The van der Waals surface area contributed by atoms with Gasteiger partial charge in [0.1, 0.15) is 18.1 Å². The summed E-state index contributed by atoms with van der Waals surface area (Å²) in [6.07, 6.45) is 1.64. The number of morpholine rings is 1. The summed E-state index contributed by atoms with van der Waals surface area (Å²) in [7, 11) is 0. The first kappa shape index (κ1) is 28.2. The van der Waals surface area contributed by atoms with Crippen molar-refractivity contribution in [2.24, 2.45) is 0 Å². The van der Waals surface area contributed by atoms with E-state index in [2.05, 4.69) is 11.5 Å². The molecule has 2 aromatic rings. The molecule has 1 unspecified atom stereocenters. The van der Waals surface area contributed by atoms with Crippen LogP contribution in [-0.2, 0) is 14.3 Å².